The van der Waals surface area contributed by atoms with Crippen LogP contribution in [0.15, 0.2) is 107 Å². The van der Waals surface area contributed by atoms with E-state index in [0.29, 0.717) is 16.2 Å². The molecule has 8 heteroatoms. The molecule has 5 aromatic rings. The van der Waals surface area contributed by atoms with Crippen LogP contribution in [0, 0.1) is 0 Å². The molecule has 0 fully saturated rings. The van der Waals surface area contributed by atoms with E-state index < -0.39 is 5.25 Å². The molecule has 0 saturated heterocycles. The Morgan fingerprint density at radius 1 is 0.914 bits per heavy atom. The number of rotatable bonds is 7. The maximum Gasteiger partial charge on any atom is 0.262 e. The summed E-state index contributed by atoms with van der Waals surface area (Å²) in [6.07, 6.45) is 1.50. The predicted molar refractivity (Wildman–Crippen MR) is 138 cm³/mol. The van der Waals surface area contributed by atoms with Crippen LogP contribution in [0.5, 0.6) is 0 Å². The van der Waals surface area contributed by atoms with Crippen molar-refractivity contribution in [2.45, 2.75) is 23.4 Å². The van der Waals surface area contributed by atoms with Gasteiger partial charge < -0.3 is 10.3 Å². The van der Waals surface area contributed by atoms with Gasteiger partial charge in [-0.3, -0.25) is 9.59 Å². The van der Waals surface area contributed by atoms with Crippen molar-refractivity contribution in [2.75, 3.05) is 0 Å². The van der Waals surface area contributed by atoms with Crippen LogP contribution in [0.2, 0.25) is 0 Å². The van der Waals surface area contributed by atoms with Crippen LogP contribution < -0.4 is 10.9 Å². The molecule has 0 spiro atoms. The molecule has 5 rings (SSSR count). The number of carbonyl (C=O) groups excluding carboxylic acids is 1. The fraction of sp³-hybridized carbons (Fsp3) is 0.111. The summed E-state index contributed by atoms with van der Waals surface area (Å²) >= 11 is 1.20. The first-order chi connectivity index (χ1) is 17.1. The van der Waals surface area contributed by atoms with Gasteiger partial charge in [-0.25, -0.2) is 9.67 Å². The number of nitrogens with one attached hydrogen (secondary N) is 2. The van der Waals surface area contributed by atoms with Crippen LogP contribution in [0.25, 0.3) is 16.7 Å². The number of carbonyl (C=O) groups is 1. The van der Waals surface area contributed by atoms with Gasteiger partial charge in [0.25, 0.3) is 5.56 Å². The summed E-state index contributed by atoms with van der Waals surface area (Å²) in [5, 5.41) is 7.74. The van der Waals surface area contributed by atoms with Crippen molar-refractivity contribution >= 4 is 28.7 Å². The molecule has 0 bridgehead atoms. The van der Waals surface area contributed by atoms with Crippen molar-refractivity contribution in [3.63, 3.8) is 0 Å². The summed E-state index contributed by atoms with van der Waals surface area (Å²) in [6, 6.07) is 28.9. The highest BCUT2D eigenvalue weighted by molar-refractivity contribution is 8.00. The van der Waals surface area contributed by atoms with Gasteiger partial charge in [0.15, 0.2) is 10.8 Å². The highest BCUT2D eigenvalue weighted by Gasteiger charge is 2.22. The van der Waals surface area contributed by atoms with E-state index in [1.165, 1.54) is 18.0 Å². The van der Waals surface area contributed by atoms with Crippen LogP contribution >= 0.6 is 11.8 Å². The fourth-order valence-electron chi connectivity index (χ4n) is 3.84. The molecule has 0 aliphatic carbocycles. The first-order valence-corrected chi connectivity index (χ1v) is 12.1. The van der Waals surface area contributed by atoms with Gasteiger partial charge >= 0.3 is 0 Å². The first-order valence-electron chi connectivity index (χ1n) is 11.2. The lowest BCUT2D eigenvalue weighted by molar-refractivity contribution is -0.120. The minimum atomic E-state index is -0.501. The summed E-state index contributed by atoms with van der Waals surface area (Å²) < 4.78 is 1.63. The topological polar surface area (TPSA) is 92.7 Å². The molecule has 35 heavy (non-hydrogen) atoms. The molecule has 0 radical (unpaired) electrons. The second-order valence-corrected chi connectivity index (χ2v) is 9.35. The number of thioether (sulfide) groups is 1. The van der Waals surface area contributed by atoms with Gasteiger partial charge in [-0.15, -0.1) is 0 Å². The maximum atomic E-state index is 13.2. The molecule has 1 atom stereocenters. The Hall–Kier alpha value is -4.17. The van der Waals surface area contributed by atoms with E-state index in [9.17, 15) is 9.59 Å². The van der Waals surface area contributed by atoms with Gasteiger partial charge in [0, 0.05) is 0 Å². The monoisotopic (exact) mass is 481 g/mol. The second kappa shape index (κ2) is 9.99. The first kappa shape index (κ1) is 22.6. The summed E-state index contributed by atoms with van der Waals surface area (Å²) in [7, 11) is 0. The van der Waals surface area contributed by atoms with Crippen molar-refractivity contribution < 1.29 is 4.79 Å². The lowest BCUT2D eigenvalue weighted by atomic mass is 9.98. The molecule has 2 aromatic heterocycles. The number of aromatic amines is 1. The van der Waals surface area contributed by atoms with Crippen molar-refractivity contribution in [3.8, 4) is 5.69 Å². The number of H-pyrrole nitrogens is 1. The highest BCUT2D eigenvalue weighted by atomic mass is 32.2. The van der Waals surface area contributed by atoms with E-state index >= 15 is 0 Å². The van der Waals surface area contributed by atoms with Gasteiger partial charge in [-0.2, -0.15) is 5.10 Å². The van der Waals surface area contributed by atoms with Crippen LogP contribution in [-0.2, 0) is 4.79 Å². The van der Waals surface area contributed by atoms with Crippen LogP contribution in [0.1, 0.15) is 24.1 Å². The van der Waals surface area contributed by atoms with Gasteiger partial charge in [0.2, 0.25) is 5.91 Å². The third kappa shape index (κ3) is 4.88. The highest BCUT2D eigenvalue weighted by Crippen LogP contribution is 2.25. The number of hydrogen-bond acceptors (Lipinski definition) is 5. The lowest BCUT2D eigenvalue weighted by Gasteiger charge is -2.22. The predicted octanol–water partition coefficient (Wildman–Crippen LogP) is 4.50. The second-order valence-electron chi connectivity index (χ2n) is 8.02. The normalized spacial score (nSPS) is 12.1. The van der Waals surface area contributed by atoms with Crippen LogP contribution in [0.3, 0.4) is 0 Å². The van der Waals surface area contributed by atoms with Crippen LogP contribution in [-0.4, -0.2) is 30.9 Å². The zero-order valence-electron chi connectivity index (χ0n) is 19.0. The third-order valence-electron chi connectivity index (χ3n) is 5.63. The zero-order chi connectivity index (χ0) is 24.2. The largest absolute Gasteiger partial charge is 0.344 e. The van der Waals surface area contributed by atoms with Crippen LogP contribution in [0.4, 0.5) is 0 Å². The van der Waals surface area contributed by atoms with E-state index in [1.807, 2.05) is 91.0 Å². The molecular weight excluding hydrogens is 458 g/mol. The Morgan fingerprint density at radius 3 is 2.09 bits per heavy atom. The average molecular weight is 482 g/mol. The molecule has 2 heterocycles. The summed E-state index contributed by atoms with van der Waals surface area (Å²) in [4.78, 5) is 33.3. The molecule has 174 valence electrons. The third-order valence-corrected chi connectivity index (χ3v) is 6.61. The Labute approximate surface area is 206 Å². The van der Waals surface area contributed by atoms with Gasteiger partial charge in [-0.1, -0.05) is 90.6 Å². The standard InChI is InChI=1S/C27H23N5O2S/c1-18(25(33)29-23(19-11-5-2-6-12-19)20-13-7-3-8-14-20)35-27-30-24-22(26(34)31-27)17-28-32(24)21-15-9-4-10-16-21/h2-18,23H,1H3,(H,29,33)(H,30,31,34). The molecular formula is C27H23N5O2S. The van der Waals surface area contributed by atoms with Gasteiger partial charge in [0.05, 0.1) is 23.2 Å². The average Bonchev–Trinajstić information content (AvgIpc) is 3.33. The van der Waals surface area contributed by atoms with Crippen molar-refractivity contribution in [3.05, 3.63) is 119 Å². The molecule has 3 aromatic carbocycles. The molecule has 7 nitrogen and oxygen atoms in total. The number of para-hydroxylation sites is 1. The van der Waals surface area contributed by atoms with E-state index in [-0.39, 0.29) is 17.5 Å². The molecule has 0 saturated carbocycles. The summed E-state index contributed by atoms with van der Waals surface area (Å²) in [6.45, 7) is 1.80. The quantitative estimate of drug-likeness (QED) is 0.264. The molecule has 1 unspecified atom stereocenters. The molecule has 2 N–H and O–H groups in total. The van der Waals surface area contributed by atoms with E-state index in [1.54, 1.807) is 11.6 Å². The Kier molecular flexibility index (Phi) is 6.45. The zero-order valence-corrected chi connectivity index (χ0v) is 19.8. The number of hydrogen-bond donors (Lipinski definition) is 2. The van der Waals surface area contributed by atoms with Crippen molar-refractivity contribution in [1.82, 2.24) is 25.1 Å². The smallest absolute Gasteiger partial charge is 0.262 e. The maximum absolute atomic E-state index is 13.2. The number of aromatic nitrogens is 4. The number of benzene rings is 3. The molecule has 0 aliphatic heterocycles. The minimum Gasteiger partial charge on any atom is -0.344 e. The SMILES string of the molecule is CC(Sc1nc2c(cnn2-c2ccccc2)c(=O)[nH]1)C(=O)NC(c1ccccc1)c1ccccc1. The van der Waals surface area contributed by atoms with Gasteiger partial charge in [0.1, 0.15) is 5.39 Å². The Morgan fingerprint density at radius 2 is 1.49 bits per heavy atom. The van der Waals surface area contributed by atoms with Crippen molar-refractivity contribution in [1.29, 1.82) is 0 Å². The molecule has 0 aliphatic rings. The number of fused-ring (bicyclic) bond motifs is 1. The lowest BCUT2D eigenvalue weighted by Crippen LogP contribution is -2.35. The van der Waals surface area contributed by atoms with Crippen molar-refractivity contribution in [2.24, 2.45) is 0 Å². The summed E-state index contributed by atoms with van der Waals surface area (Å²) in [5.41, 5.74) is 2.93. The van der Waals surface area contributed by atoms with E-state index in [4.69, 9.17) is 0 Å². The minimum absolute atomic E-state index is 0.160. The van der Waals surface area contributed by atoms with E-state index in [2.05, 4.69) is 20.4 Å². The Balaban J connectivity index is 1.40. The van der Waals surface area contributed by atoms with Gasteiger partial charge in [-0.05, 0) is 30.2 Å². The number of nitrogens with zero attached hydrogens (tertiary/aromatic N) is 3. The molecule has 1 amide bonds. The number of amides is 1. The van der Waals surface area contributed by atoms with E-state index in [0.717, 1.165) is 16.8 Å². The fourth-order valence-corrected chi connectivity index (χ4v) is 4.64. The Bertz CT molecular complexity index is 1460. The summed E-state index contributed by atoms with van der Waals surface area (Å²) in [5.74, 6) is -0.160.